The van der Waals surface area contributed by atoms with Gasteiger partial charge in [0.1, 0.15) is 0 Å². The summed E-state index contributed by atoms with van der Waals surface area (Å²) in [4.78, 5) is 25.0. The normalized spacial score (nSPS) is 12.0. The number of hydrogen-bond acceptors (Lipinski definition) is 5. The van der Waals surface area contributed by atoms with Gasteiger partial charge in [-0.05, 0) is 68.3 Å². The minimum absolute atomic E-state index is 0.0327. The van der Waals surface area contributed by atoms with Crippen LogP contribution in [0.1, 0.15) is 35.3 Å². The summed E-state index contributed by atoms with van der Waals surface area (Å²) in [6.07, 6.45) is -0.188. The van der Waals surface area contributed by atoms with Gasteiger partial charge in [-0.3, -0.25) is 9.10 Å². The molecule has 0 bridgehead atoms. The Morgan fingerprint density at radius 1 is 1.00 bits per heavy atom. The van der Waals surface area contributed by atoms with E-state index >= 15 is 0 Å². The fraction of sp³-hybridized carbons (Fsp3) is 0.231. The van der Waals surface area contributed by atoms with Crippen molar-refractivity contribution in [3.05, 3.63) is 89.5 Å². The highest BCUT2D eigenvalue weighted by molar-refractivity contribution is 7.92. The van der Waals surface area contributed by atoms with E-state index in [0.29, 0.717) is 11.4 Å². The fourth-order valence-corrected chi connectivity index (χ4v) is 4.43. The van der Waals surface area contributed by atoms with Crippen LogP contribution in [0.2, 0.25) is 0 Å². The molecule has 178 valence electrons. The molecule has 0 radical (unpaired) electrons. The van der Waals surface area contributed by atoms with Crippen LogP contribution in [0.25, 0.3) is 0 Å². The maximum absolute atomic E-state index is 13.1. The number of benzene rings is 3. The summed E-state index contributed by atoms with van der Waals surface area (Å²) in [5, 5.41) is 2.70. The van der Waals surface area contributed by atoms with E-state index in [1.54, 1.807) is 24.3 Å². The summed E-state index contributed by atoms with van der Waals surface area (Å²) >= 11 is 0. The Balaban J connectivity index is 1.70. The Morgan fingerprint density at radius 3 is 2.26 bits per heavy atom. The number of amides is 1. The third-order valence-corrected chi connectivity index (χ3v) is 7.19. The van der Waals surface area contributed by atoms with Crippen LogP contribution in [0.15, 0.2) is 77.7 Å². The quantitative estimate of drug-likeness (QED) is 0.477. The predicted octanol–water partition coefficient (Wildman–Crippen LogP) is 4.57. The van der Waals surface area contributed by atoms with Crippen molar-refractivity contribution in [1.29, 1.82) is 0 Å². The summed E-state index contributed by atoms with van der Waals surface area (Å²) in [6, 6.07) is 20.0. The molecule has 3 aromatic rings. The summed E-state index contributed by atoms with van der Waals surface area (Å²) in [7, 11) is -2.46. The van der Waals surface area contributed by atoms with Crippen molar-refractivity contribution in [2.75, 3.05) is 16.7 Å². The molecule has 7 nitrogen and oxygen atoms in total. The number of hydrogen-bond donors (Lipinski definition) is 1. The Kier molecular flexibility index (Phi) is 7.73. The smallest absolute Gasteiger partial charge is 0.338 e. The van der Waals surface area contributed by atoms with Crippen LogP contribution in [0.3, 0.4) is 0 Å². The van der Waals surface area contributed by atoms with Crippen LogP contribution in [0, 0.1) is 6.92 Å². The van der Waals surface area contributed by atoms with Crippen LogP contribution >= 0.6 is 0 Å². The lowest BCUT2D eigenvalue weighted by Gasteiger charge is -2.20. The second-order valence-corrected chi connectivity index (χ2v) is 9.89. The molecule has 0 fully saturated rings. The van der Waals surface area contributed by atoms with Crippen LogP contribution in [0.5, 0.6) is 0 Å². The summed E-state index contributed by atoms with van der Waals surface area (Å²) in [6.45, 7) is 5.41. The first-order valence-corrected chi connectivity index (χ1v) is 12.3. The predicted molar refractivity (Wildman–Crippen MR) is 133 cm³/mol. The van der Waals surface area contributed by atoms with Crippen molar-refractivity contribution in [3.8, 4) is 0 Å². The highest BCUT2D eigenvalue weighted by Gasteiger charge is 2.24. The van der Waals surface area contributed by atoms with E-state index in [1.807, 2.05) is 38.1 Å². The first-order chi connectivity index (χ1) is 16.1. The topological polar surface area (TPSA) is 92.8 Å². The Bertz CT molecular complexity index is 1270. The molecule has 0 aromatic heterocycles. The molecule has 1 atom stereocenters. The molecule has 1 N–H and O–H groups in total. The summed E-state index contributed by atoms with van der Waals surface area (Å²) in [5.41, 5.74) is 3.27. The molecule has 0 heterocycles. The number of rotatable bonds is 8. The zero-order valence-electron chi connectivity index (χ0n) is 19.6. The number of sulfonamides is 1. The van der Waals surface area contributed by atoms with Crippen LogP contribution in [-0.4, -0.2) is 33.4 Å². The molecule has 0 aliphatic rings. The molecule has 34 heavy (non-hydrogen) atoms. The van der Waals surface area contributed by atoms with Gasteiger partial charge in [0, 0.05) is 12.7 Å². The van der Waals surface area contributed by atoms with Gasteiger partial charge in [-0.15, -0.1) is 0 Å². The molecule has 3 rings (SSSR count). The number of ether oxygens (including phenoxy) is 1. The van der Waals surface area contributed by atoms with Gasteiger partial charge in [0.2, 0.25) is 0 Å². The van der Waals surface area contributed by atoms with Gasteiger partial charge in [0.15, 0.2) is 6.10 Å². The van der Waals surface area contributed by atoms with Gasteiger partial charge in [-0.2, -0.15) is 0 Å². The number of aryl methyl sites for hydroxylation is 2. The van der Waals surface area contributed by atoms with E-state index in [0.717, 1.165) is 21.9 Å². The van der Waals surface area contributed by atoms with Crippen molar-refractivity contribution < 1.29 is 22.7 Å². The maximum Gasteiger partial charge on any atom is 0.338 e. The molecule has 8 heteroatoms. The third kappa shape index (κ3) is 5.82. The lowest BCUT2D eigenvalue weighted by Crippen LogP contribution is -2.30. The third-order valence-electron chi connectivity index (χ3n) is 5.41. The summed E-state index contributed by atoms with van der Waals surface area (Å²) < 4.78 is 32.6. The largest absolute Gasteiger partial charge is 0.449 e. The standard InChI is InChI=1S/C26H28N2O5S/c1-5-20-11-13-22(14-12-20)27-25(29)19(3)33-26(30)21-7-6-8-24(17-21)34(31,32)28(4)23-15-9-18(2)10-16-23/h6-17,19H,5H2,1-4H3,(H,27,29)/t19-/m0/s1. The molecule has 0 saturated carbocycles. The second kappa shape index (κ2) is 10.5. The van der Waals surface area contributed by atoms with Gasteiger partial charge < -0.3 is 10.1 Å². The number of esters is 1. The van der Waals surface area contributed by atoms with E-state index in [4.69, 9.17) is 4.74 Å². The number of nitrogens with zero attached hydrogens (tertiary/aromatic N) is 1. The second-order valence-electron chi connectivity index (χ2n) is 7.92. The highest BCUT2D eigenvalue weighted by atomic mass is 32.2. The highest BCUT2D eigenvalue weighted by Crippen LogP contribution is 2.23. The van der Waals surface area contributed by atoms with Crippen molar-refractivity contribution in [2.24, 2.45) is 0 Å². The molecule has 0 saturated heterocycles. The number of anilines is 2. The SMILES string of the molecule is CCc1ccc(NC(=O)[C@H](C)OC(=O)c2cccc(S(=O)(=O)N(C)c3ccc(C)cc3)c2)cc1. The Labute approximate surface area is 200 Å². The van der Waals surface area contributed by atoms with Gasteiger partial charge in [0.25, 0.3) is 15.9 Å². The first kappa shape index (κ1) is 25.0. The fourth-order valence-electron chi connectivity index (χ4n) is 3.18. The first-order valence-electron chi connectivity index (χ1n) is 10.9. The summed E-state index contributed by atoms with van der Waals surface area (Å²) in [5.74, 6) is -1.28. The average molecular weight is 481 g/mol. The van der Waals surface area contributed by atoms with Crippen LogP contribution < -0.4 is 9.62 Å². The molecular weight excluding hydrogens is 452 g/mol. The molecule has 0 spiro atoms. The molecule has 0 aliphatic heterocycles. The van der Waals surface area contributed by atoms with Gasteiger partial charge in [-0.1, -0.05) is 42.8 Å². The van der Waals surface area contributed by atoms with Gasteiger partial charge in [-0.25, -0.2) is 13.2 Å². The zero-order chi connectivity index (χ0) is 24.9. The van der Waals surface area contributed by atoms with Crippen LogP contribution in [0.4, 0.5) is 11.4 Å². The Morgan fingerprint density at radius 2 is 1.65 bits per heavy atom. The molecule has 0 aliphatic carbocycles. The molecular formula is C26H28N2O5S. The zero-order valence-corrected chi connectivity index (χ0v) is 20.4. The minimum Gasteiger partial charge on any atom is -0.449 e. The monoisotopic (exact) mass is 480 g/mol. The maximum atomic E-state index is 13.1. The van der Waals surface area contributed by atoms with E-state index < -0.39 is 28.0 Å². The minimum atomic E-state index is -3.91. The molecule has 0 unspecified atom stereocenters. The molecule has 3 aromatic carbocycles. The molecule has 1 amide bonds. The lowest BCUT2D eigenvalue weighted by atomic mass is 10.1. The van der Waals surface area contributed by atoms with Crippen LogP contribution in [-0.2, 0) is 26.0 Å². The van der Waals surface area contributed by atoms with Gasteiger partial charge >= 0.3 is 5.97 Å². The van der Waals surface area contributed by atoms with E-state index in [-0.39, 0.29) is 10.5 Å². The van der Waals surface area contributed by atoms with Crippen molar-refractivity contribution >= 4 is 33.3 Å². The van der Waals surface area contributed by atoms with Crippen molar-refractivity contribution in [2.45, 2.75) is 38.2 Å². The van der Waals surface area contributed by atoms with E-state index in [2.05, 4.69) is 5.32 Å². The van der Waals surface area contributed by atoms with Crippen molar-refractivity contribution in [3.63, 3.8) is 0 Å². The van der Waals surface area contributed by atoms with E-state index in [9.17, 15) is 18.0 Å². The number of carbonyl (C=O) groups is 2. The van der Waals surface area contributed by atoms with E-state index in [1.165, 1.54) is 38.2 Å². The average Bonchev–Trinajstić information content (AvgIpc) is 2.84. The Hall–Kier alpha value is -3.65. The van der Waals surface area contributed by atoms with Gasteiger partial charge in [0.05, 0.1) is 16.1 Å². The van der Waals surface area contributed by atoms with Crippen molar-refractivity contribution in [1.82, 2.24) is 0 Å². The number of carbonyl (C=O) groups excluding carboxylic acids is 2. The number of nitrogens with one attached hydrogen (secondary N) is 1. The lowest BCUT2D eigenvalue weighted by molar-refractivity contribution is -0.123.